The Hall–Kier alpha value is -2.40. The molecule has 114 valence electrons. The lowest BCUT2D eigenvalue weighted by Crippen LogP contribution is -2.05. The van der Waals surface area contributed by atoms with E-state index in [0.717, 1.165) is 11.4 Å². The van der Waals surface area contributed by atoms with Crippen LogP contribution < -0.4 is 10.0 Å². The number of rotatable bonds is 6. The van der Waals surface area contributed by atoms with E-state index in [9.17, 15) is 9.00 Å². The Morgan fingerprint density at radius 2 is 1.50 bits per heavy atom. The summed E-state index contributed by atoms with van der Waals surface area (Å²) in [6.07, 6.45) is 0. The molecule has 0 aliphatic rings. The van der Waals surface area contributed by atoms with Crippen molar-refractivity contribution in [3.8, 4) is 0 Å². The monoisotopic (exact) mass is 314 g/mol. The Balaban J connectivity index is 2.05. The minimum absolute atomic E-state index is 0.00766. The van der Waals surface area contributed by atoms with Gasteiger partial charge in [-0.25, -0.2) is 4.21 Å². The summed E-state index contributed by atoms with van der Waals surface area (Å²) in [6, 6.07) is 14.2. The summed E-state index contributed by atoms with van der Waals surface area (Å²) >= 11 is 0. The van der Waals surface area contributed by atoms with Crippen LogP contribution >= 0.6 is 0 Å². The molecule has 0 aliphatic heterocycles. The smallest absolute Gasteiger partial charge is 0.159 e. The molecule has 0 spiro atoms. The van der Waals surface area contributed by atoms with Gasteiger partial charge in [0.05, 0.1) is 4.90 Å². The molecule has 2 aromatic carbocycles. The van der Waals surface area contributed by atoms with Crippen LogP contribution in [0.3, 0.4) is 0 Å². The summed E-state index contributed by atoms with van der Waals surface area (Å²) in [5.74, 6) is 0.00766. The molecule has 1 unspecified atom stereocenters. The van der Waals surface area contributed by atoms with E-state index in [1.165, 1.54) is 6.92 Å². The van der Waals surface area contributed by atoms with Crippen LogP contribution in [-0.2, 0) is 11.0 Å². The van der Waals surface area contributed by atoms with Crippen molar-refractivity contribution in [3.05, 3.63) is 66.4 Å². The second kappa shape index (κ2) is 7.04. The maximum Gasteiger partial charge on any atom is 0.159 e. The van der Waals surface area contributed by atoms with E-state index in [0.29, 0.717) is 16.1 Å². The molecule has 2 aromatic rings. The van der Waals surface area contributed by atoms with Crippen molar-refractivity contribution >= 4 is 28.1 Å². The van der Waals surface area contributed by atoms with E-state index >= 15 is 0 Å². The molecule has 0 amide bonds. The van der Waals surface area contributed by atoms with Crippen LogP contribution in [0.1, 0.15) is 24.2 Å². The molecule has 2 rings (SSSR count). The second-order valence-electron chi connectivity index (χ2n) is 4.93. The zero-order chi connectivity index (χ0) is 16.1. The molecule has 0 radical (unpaired) electrons. The molecule has 1 atom stereocenters. The maximum absolute atomic E-state index is 12.3. The van der Waals surface area contributed by atoms with Crippen molar-refractivity contribution < 1.29 is 9.00 Å². The lowest BCUT2D eigenvalue weighted by Gasteiger charge is -2.08. The molecule has 4 nitrogen and oxygen atoms in total. The first-order chi connectivity index (χ1) is 10.5. The molecule has 0 fully saturated rings. The molecule has 2 N–H and O–H groups in total. The third-order valence-corrected chi connectivity index (χ3v) is 4.05. The summed E-state index contributed by atoms with van der Waals surface area (Å²) in [7, 11) is -1.36. The highest BCUT2D eigenvalue weighted by molar-refractivity contribution is 7.86. The summed E-state index contributed by atoms with van der Waals surface area (Å²) < 4.78 is 15.2. The van der Waals surface area contributed by atoms with E-state index < -0.39 is 11.0 Å². The molecule has 0 bridgehead atoms. The van der Waals surface area contributed by atoms with Gasteiger partial charge in [-0.3, -0.25) is 4.79 Å². The van der Waals surface area contributed by atoms with Crippen molar-refractivity contribution in [1.82, 2.24) is 0 Å². The van der Waals surface area contributed by atoms with Gasteiger partial charge in [0.25, 0.3) is 0 Å². The highest BCUT2D eigenvalue weighted by Gasteiger charge is 2.05. The van der Waals surface area contributed by atoms with Crippen LogP contribution in [0.2, 0.25) is 0 Å². The molecule has 0 saturated carbocycles. The average Bonchev–Trinajstić information content (AvgIpc) is 2.48. The predicted molar refractivity (Wildman–Crippen MR) is 91.4 cm³/mol. The number of anilines is 2. The number of carbonyl (C=O) groups excluding carboxylic acids is 1. The lowest BCUT2D eigenvalue weighted by molar-refractivity contribution is 0.101. The largest absolute Gasteiger partial charge is 0.360 e. The van der Waals surface area contributed by atoms with E-state index in [1.54, 1.807) is 36.4 Å². The van der Waals surface area contributed by atoms with E-state index in [1.807, 2.05) is 19.1 Å². The number of benzene rings is 2. The number of nitrogens with one attached hydrogen (secondary N) is 2. The number of allylic oxidation sites excluding steroid dienone is 1. The Kier molecular flexibility index (Phi) is 5.12. The summed E-state index contributed by atoms with van der Waals surface area (Å²) in [6.45, 7) is 7.16. The van der Waals surface area contributed by atoms with Gasteiger partial charge < -0.3 is 10.0 Å². The molecular formula is C17H18N2O2S. The highest BCUT2D eigenvalue weighted by Crippen LogP contribution is 2.17. The van der Waals surface area contributed by atoms with Gasteiger partial charge in [0.2, 0.25) is 0 Å². The van der Waals surface area contributed by atoms with Gasteiger partial charge in [-0.15, -0.1) is 0 Å². The highest BCUT2D eigenvalue weighted by atomic mass is 32.2. The van der Waals surface area contributed by atoms with Crippen LogP contribution in [0.25, 0.3) is 0 Å². The first-order valence-corrected chi connectivity index (χ1v) is 7.93. The van der Waals surface area contributed by atoms with Gasteiger partial charge >= 0.3 is 0 Å². The first-order valence-electron chi connectivity index (χ1n) is 6.78. The zero-order valence-electron chi connectivity index (χ0n) is 12.6. The summed E-state index contributed by atoms with van der Waals surface area (Å²) in [5.41, 5.74) is 3.08. The van der Waals surface area contributed by atoms with Crippen LogP contribution in [0.15, 0.2) is 65.7 Å². The second-order valence-corrected chi connectivity index (χ2v) is 6.15. The minimum Gasteiger partial charge on any atom is -0.360 e. The number of hydrogen-bond acceptors (Lipinski definition) is 3. The molecule has 0 aromatic heterocycles. The van der Waals surface area contributed by atoms with Gasteiger partial charge in [0.1, 0.15) is 11.0 Å². The fourth-order valence-electron chi connectivity index (χ4n) is 1.85. The molecule has 5 heteroatoms. The Bertz CT molecular complexity index is 706. The standard InChI is InChI=1S/C17H18N2O2S/c1-12(2)18-15-8-10-17(11-9-15)22(21)19-16-6-4-14(5-7-16)13(3)20/h4-11,18-19H,1H2,2-3H3. The molecule has 0 heterocycles. The molecule has 0 aliphatic carbocycles. The normalized spacial score (nSPS) is 11.5. The van der Waals surface area contributed by atoms with Gasteiger partial charge in [0.15, 0.2) is 5.78 Å². The van der Waals surface area contributed by atoms with Gasteiger partial charge in [-0.05, 0) is 62.4 Å². The van der Waals surface area contributed by atoms with Gasteiger partial charge in [0, 0.05) is 22.6 Å². The minimum atomic E-state index is -1.36. The van der Waals surface area contributed by atoms with E-state index in [4.69, 9.17) is 0 Å². The average molecular weight is 314 g/mol. The number of hydrogen-bond donors (Lipinski definition) is 2. The van der Waals surface area contributed by atoms with Gasteiger partial charge in [-0.2, -0.15) is 0 Å². The lowest BCUT2D eigenvalue weighted by atomic mass is 10.1. The maximum atomic E-state index is 12.3. The third kappa shape index (κ3) is 4.30. The van der Waals surface area contributed by atoms with Gasteiger partial charge in [-0.1, -0.05) is 6.58 Å². The summed E-state index contributed by atoms with van der Waals surface area (Å²) in [4.78, 5) is 11.9. The third-order valence-electron chi connectivity index (χ3n) is 2.93. The van der Waals surface area contributed by atoms with Crippen molar-refractivity contribution in [2.45, 2.75) is 18.7 Å². The molecular weight excluding hydrogens is 296 g/mol. The van der Waals surface area contributed by atoms with Crippen LogP contribution in [-0.4, -0.2) is 9.99 Å². The zero-order valence-corrected chi connectivity index (χ0v) is 13.4. The van der Waals surface area contributed by atoms with Crippen LogP contribution in [0.4, 0.5) is 11.4 Å². The molecule has 0 saturated heterocycles. The first kappa shape index (κ1) is 16.0. The molecule has 22 heavy (non-hydrogen) atoms. The van der Waals surface area contributed by atoms with Crippen LogP contribution in [0, 0.1) is 0 Å². The Morgan fingerprint density at radius 3 is 2.00 bits per heavy atom. The number of ketones is 1. The summed E-state index contributed by atoms with van der Waals surface area (Å²) in [5, 5.41) is 3.09. The van der Waals surface area contributed by atoms with Crippen molar-refractivity contribution in [2.24, 2.45) is 0 Å². The SMILES string of the molecule is C=C(C)Nc1ccc(S(=O)Nc2ccc(C(C)=O)cc2)cc1. The topological polar surface area (TPSA) is 58.2 Å². The van der Waals surface area contributed by atoms with Crippen molar-refractivity contribution in [3.63, 3.8) is 0 Å². The van der Waals surface area contributed by atoms with E-state index in [-0.39, 0.29) is 5.78 Å². The Morgan fingerprint density at radius 1 is 0.955 bits per heavy atom. The predicted octanol–water partition coefficient (Wildman–Crippen LogP) is 3.97. The number of Topliss-reactive ketones (excluding diaryl/α,β-unsaturated/α-hetero) is 1. The fourth-order valence-corrected chi connectivity index (χ4v) is 2.70. The quantitative estimate of drug-likeness (QED) is 0.793. The van der Waals surface area contributed by atoms with E-state index in [2.05, 4.69) is 16.6 Å². The van der Waals surface area contributed by atoms with Crippen molar-refractivity contribution in [2.75, 3.05) is 10.0 Å². The fraction of sp³-hybridized carbons (Fsp3) is 0.118. The Labute approximate surface area is 132 Å². The van der Waals surface area contributed by atoms with Crippen LogP contribution in [0.5, 0.6) is 0 Å². The number of carbonyl (C=O) groups is 1. The van der Waals surface area contributed by atoms with Crippen molar-refractivity contribution in [1.29, 1.82) is 0 Å².